The third kappa shape index (κ3) is 3.20. The zero-order chi connectivity index (χ0) is 16.4. The van der Waals surface area contributed by atoms with Crippen molar-refractivity contribution in [2.75, 3.05) is 10.6 Å². The second-order valence-corrected chi connectivity index (χ2v) is 6.04. The lowest BCUT2D eigenvalue weighted by atomic mass is 10.1. The molecule has 1 saturated carbocycles. The molecule has 1 aliphatic rings. The van der Waals surface area contributed by atoms with Gasteiger partial charge in [-0.25, -0.2) is 4.98 Å². The third-order valence-corrected chi connectivity index (χ3v) is 4.16. The van der Waals surface area contributed by atoms with Crippen molar-refractivity contribution in [2.24, 2.45) is 5.92 Å². The summed E-state index contributed by atoms with van der Waals surface area (Å²) >= 11 is 0. The van der Waals surface area contributed by atoms with Crippen LogP contribution in [0.5, 0.6) is 0 Å². The summed E-state index contributed by atoms with van der Waals surface area (Å²) in [6.45, 7) is 0.670. The molecule has 0 radical (unpaired) electrons. The molecule has 24 heavy (non-hydrogen) atoms. The second kappa shape index (κ2) is 6.28. The number of rotatable bonds is 5. The molecule has 0 spiro atoms. The van der Waals surface area contributed by atoms with Gasteiger partial charge < -0.3 is 10.6 Å². The van der Waals surface area contributed by atoms with E-state index in [9.17, 15) is 4.79 Å². The molecule has 2 N–H and O–H groups in total. The Hall–Kier alpha value is -2.95. The van der Waals surface area contributed by atoms with Crippen LogP contribution in [0.15, 0.2) is 54.9 Å². The topological polar surface area (TPSA) is 66.9 Å². The molecule has 1 fully saturated rings. The quantitative estimate of drug-likeness (QED) is 0.754. The summed E-state index contributed by atoms with van der Waals surface area (Å²) in [7, 11) is 0. The molecule has 4 rings (SSSR count). The fourth-order valence-corrected chi connectivity index (χ4v) is 2.65. The van der Waals surface area contributed by atoms with E-state index in [0.29, 0.717) is 12.4 Å². The molecule has 1 aromatic carbocycles. The highest BCUT2D eigenvalue weighted by atomic mass is 16.2. The molecule has 0 saturated heterocycles. The van der Waals surface area contributed by atoms with Crippen LogP contribution in [0.3, 0.4) is 0 Å². The highest BCUT2D eigenvalue weighted by molar-refractivity contribution is 5.93. The van der Waals surface area contributed by atoms with E-state index in [4.69, 9.17) is 0 Å². The summed E-state index contributed by atoms with van der Waals surface area (Å²) < 4.78 is 0. The zero-order valence-electron chi connectivity index (χ0n) is 13.2. The van der Waals surface area contributed by atoms with Gasteiger partial charge in [0.05, 0.1) is 17.4 Å². The van der Waals surface area contributed by atoms with E-state index in [0.717, 1.165) is 35.0 Å². The lowest BCUT2D eigenvalue weighted by Crippen LogP contribution is -2.14. The summed E-state index contributed by atoms with van der Waals surface area (Å²) in [6, 6.07) is 13.9. The molecule has 2 heterocycles. The van der Waals surface area contributed by atoms with E-state index in [1.165, 1.54) is 0 Å². The number of hydrogen-bond acceptors (Lipinski definition) is 4. The van der Waals surface area contributed by atoms with Crippen LogP contribution < -0.4 is 10.6 Å². The van der Waals surface area contributed by atoms with Crippen LogP contribution in [0.2, 0.25) is 0 Å². The summed E-state index contributed by atoms with van der Waals surface area (Å²) in [5.41, 5.74) is 3.06. The zero-order valence-corrected chi connectivity index (χ0v) is 13.2. The summed E-state index contributed by atoms with van der Waals surface area (Å²) in [5, 5.41) is 7.33. The van der Waals surface area contributed by atoms with Gasteiger partial charge in [0.15, 0.2) is 0 Å². The Balaban J connectivity index is 1.42. The third-order valence-electron chi connectivity index (χ3n) is 4.16. The normalized spacial score (nSPS) is 13.7. The van der Waals surface area contributed by atoms with Crippen molar-refractivity contribution in [1.29, 1.82) is 0 Å². The molecule has 1 aliphatic carbocycles. The average molecular weight is 318 g/mol. The van der Waals surface area contributed by atoms with E-state index in [1.54, 1.807) is 6.20 Å². The van der Waals surface area contributed by atoms with Crippen molar-refractivity contribution in [1.82, 2.24) is 9.97 Å². The second-order valence-electron chi connectivity index (χ2n) is 6.04. The van der Waals surface area contributed by atoms with Crippen molar-refractivity contribution in [3.8, 4) is 0 Å². The van der Waals surface area contributed by atoms with Crippen molar-refractivity contribution in [3.63, 3.8) is 0 Å². The van der Waals surface area contributed by atoms with E-state index in [1.807, 2.05) is 30.5 Å². The first-order valence-corrected chi connectivity index (χ1v) is 8.13. The van der Waals surface area contributed by atoms with Gasteiger partial charge in [0, 0.05) is 24.0 Å². The van der Waals surface area contributed by atoms with Crippen molar-refractivity contribution in [3.05, 3.63) is 60.4 Å². The number of nitrogens with zero attached hydrogens (tertiary/aromatic N) is 2. The number of carbonyl (C=O) groups excluding carboxylic acids is 1. The largest absolute Gasteiger partial charge is 0.380 e. The van der Waals surface area contributed by atoms with Gasteiger partial charge in [-0.15, -0.1) is 0 Å². The van der Waals surface area contributed by atoms with Gasteiger partial charge in [0.25, 0.3) is 0 Å². The minimum atomic E-state index is 0.0741. The van der Waals surface area contributed by atoms with Crippen LogP contribution in [-0.4, -0.2) is 15.9 Å². The molecule has 2 aromatic heterocycles. The maximum atomic E-state index is 11.7. The number of fused-ring (bicyclic) bond motifs is 1. The lowest BCUT2D eigenvalue weighted by Gasteiger charge is -2.09. The number of amides is 1. The monoisotopic (exact) mass is 318 g/mol. The number of anilines is 2. The number of aromatic nitrogens is 2. The first kappa shape index (κ1) is 14.6. The van der Waals surface area contributed by atoms with Gasteiger partial charge in [0.2, 0.25) is 5.91 Å². The predicted molar refractivity (Wildman–Crippen MR) is 94.7 cm³/mol. The molecule has 1 amide bonds. The Kier molecular flexibility index (Phi) is 3.83. The molecule has 120 valence electrons. The number of carbonyl (C=O) groups is 1. The lowest BCUT2D eigenvalue weighted by molar-refractivity contribution is -0.117. The highest BCUT2D eigenvalue weighted by Gasteiger charge is 2.29. The Morgan fingerprint density at radius 1 is 1.08 bits per heavy atom. The first-order valence-electron chi connectivity index (χ1n) is 8.13. The number of hydrogen-bond donors (Lipinski definition) is 2. The van der Waals surface area contributed by atoms with Gasteiger partial charge in [-0.3, -0.25) is 9.78 Å². The number of benzene rings is 1. The van der Waals surface area contributed by atoms with Crippen LogP contribution in [0, 0.1) is 5.92 Å². The fourth-order valence-electron chi connectivity index (χ4n) is 2.65. The van der Waals surface area contributed by atoms with Gasteiger partial charge in [-0.2, -0.15) is 0 Å². The van der Waals surface area contributed by atoms with E-state index in [2.05, 4.69) is 38.8 Å². The Bertz CT molecular complexity index is 867. The maximum Gasteiger partial charge on any atom is 0.228 e. The van der Waals surface area contributed by atoms with Gasteiger partial charge in [0.1, 0.15) is 5.82 Å². The fraction of sp³-hybridized carbons (Fsp3) is 0.211. The molecule has 3 aromatic rings. The maximum absolute atomic E-state index is 11.7. The smallest absolute Gasteiger partial charge is 0.228 e. The van der Waals surface area contributed by atoms with Gasteiger partial charge >= 0.3 is 0 Å². The minimum Gasteiger partial charge on any atom is -0.380 e. The molecule has 5 heteroatoms. The minimum absolute atomic E-state index is 0.0741. The molecule has 0 bridgehead atoms. The van der Waals surface area contributed by atoms with E-state index >= 15 is 0 Å². The van der Waals surface area contributed by atoms with Gasteiger partial charge in [-0.05, 0) is 36.6 Å². The summed E-state index contributed by atoms with van der Waals surface area (Å²) in [4.78, 5) is 20.5. The molecular formula is C19H18N4O. The summed E-state index contributed by atoms with van der Waals surface area (Å²) in [5.74, 6) is 0.859. The Labute approximate surface area is 140 Å². The van der Waals surface area contributed by atoms with Crippen LogP contribution in [0.25, 0.3) is 10.9 Å². The molecule has 0 aliphatic heterocycles. The molecular weight excluding hydrogens is 300 g/mol. The van der Waals surface area contributed by atoms with E-state index in [-0.39, 0.29) is 11.8 Å². The Morgan fingerprint density at radius 3 is 2.75 bits per heavy atom. The van der Waals surface area contributed by atoms with Crippen LogP contribution >= 0.6 is 0 Å². The van der Waals surface area contributed by atoms with E-state index < -0.39 is 0 Å². The van der Waals surface area contributed by atoms with Crippen molar-refractivity contribution >= 4 is 28.3 Å². The van der Waals surface area contributed by atoms with Crippen LogP contribution in [0.4, 0.5) is 11.5 Å². The molecule has 0 unspecified atom stereocenters. The average Bonchev–Trinajstić information content (AvgIpc) is 3.46. The molecule has 0 atom stereocenters. The number of pyridine rings is 2. The van der Waals surface area contributed by atoms with Crippen molar-refractivity contribution < 1.29 is 4.79 Å². The SMILES string of the molecule is O=C(Nc1ccc(NCc2cccc3cccnc23)cn1)C1CC1. The predicted octanol–water partition coefficient (Wildman–Crippen LogP) is 3.59. The highest BCUT2D eigenvalue weighted by Crippen LogP contribution is 2.30. The van der Waals surface area contributed by atoms with Crippen LogP contribution in [-0.2, 0) is 11.3 Å². The van der Waals surface area contributed by atoms with Gasteiger partial charge in [-0.1, -0.05) is 24.3 Å². The van der Waals surface area contributed by atoms with Crippen LogP contribution in [0.1, 0.15) is 18.4 Å². The number of nitrogens with one attached hydrogen (secondary N) is 2. The molecule has 5 nitrogen and oxygen atoms in total. The Morgan fingerprint density at radius 2 is 1.96 bits per heavy atom. The standard InChI is InChI=1S/C19H18N4O/c24-19(14-6-7-14)23-17-9-8-16(12-22-17)21-11-15-4-1-3-13-5-2-10-20-18(13)15/h1-5,8-10,12,14,21H,6-7,11H2,(H,22,23,24). The van der Waals surface area contributed by atoms with Crippen molar-refractivity contribution in [2.45, 2.75) is 19.4 Å². The summed E-state index contributed by atoms with van der Waals surface area (Å²) in [6.07, 6.45) is 5.53. The first-order chi connectivity index (χ1) is 11.8. The number of para-hydroxylation sites is 1.